The molecular weight excluding hydrogens is 250 g/mol. The van der Waals surface area contributed by atoms with Gasteiger partial charge in [-0.15, -0.1) is 0 Å². The molecule has 3 rings (SSSR count). The second-order valence-electron chi connectivity index (χ2n) is 7.03. The van der Waals surface area contributed by atoms with E-state index in [0.29, 0.717) is 6.04 Å². The molecule has 2 aliphatic carbocycles. The summed E-state index contributed by atoms with van der Waals surface area (Å²) in [6.45, 7) is 4.63. The second kappa shape index (κ2) is 4.78. The smallest absolute Gasteiger partial charge is 0.160 e. The fourth-order valence-corrected chi connectivity index (χ4v) is 3.54. The van der Waals surface area contributed by atoms with Gasteiger partial charge in [-0.05, 0) is 44.6 Å². The number of rotatable bonds is 3. The molecule has 0 saturated heterocycles. The highest BCUT2D eigenvalue weighted by Gasteiger charge is 2.43. The molecule has 4 nitrogen and oxygen atoms in total. The van der Waals surface area contributed by atoms with E-state index in [1.54, 1.807) is 7.11 Å². The molecule has 1 aromatic rings. The minimum absolute atomic E-state index is 0.217. The summed E-state index contributed by atoms with van der Waals surface area (Å²) >= 11 is 0. The third-order valence-corrected chi connectivity index (χ3v) is 4.99. The standard InChI is InChI=1S/C16H25N3O/c1-15(2)8-12(17-3)11-10-18-14(19-13(11)9-15)16(20-4)6-5-7-16/h10,12,17H,5-9H2,1-4H3. The zero-order valence-electron chi connectivity index (χ0n) is 13.0. The normalized spacial score (nSPS) is 26.7. The van der Waals surface area contributed by atoms with Crippen LogP contribution >= 0.6 is 0 Å². The van der Waals surface area contributed by atoms with Crippen LogP contribution in [0.5, 0.6) is 0 Å². The van der Waals surface area contributed by atoms with Crippen LogP contribution in [-0.4, -0.2) is 24.1 Å². The van der Waals surface area contributed by atoms with Crippen molar-refractivity contribution in [2.45, 2.75) is 57.6 Å². The number of fused-ring (bicyclic) bond motifs is 1. The maximum atomic E-state index is 5.72. The van der Waals surface area contributed by atoms with E-state index in [1.165, 1.54) is 17.7 Å². The van der Waals surface area contributed by atoms with E-state index in [2.05, 4.69) is 24.1 Å². The van der Waals surface area contributed by atoms with E-state index >= 15 is 0 Å². The summed E-state index contributed by atoms with van der Waals surface area (Å²) in [6.07, 6.45) is 7.47. The Bertz CT molecular complexity index is 503. The Kier molecular flexibility index (Phi) is 3.33. The van der Waals surface area contributed by atoms with Crippen LogP contribution in [0.15, 0.2) is 6.20 Å². The van der Waals surface area contributed by atoms with Crippen molar-refractivity contribution in [3.05, 3.63) is 23.3 Å². The van der Waals surface area contributed by atoms with Crippen LogP contribution in [0.1, 0.15) is 62.7 Å². The van der Waals surface area contributed by atoms with Crippen LogP contribution in [0.25, 0.3) is 0 Å². The van der Waals surface area contributed by atoms with Crippen LogP contribution < -0.4 is 5.32 Å². The summed E-state index contributed by atoms with van der Waals surface area (Å²) < 4.78 is 5.72. The second-order valence-corrected chi connectivity index (χ2v) is 7.03. The average molecular weight is 275 g/mol. The minimum Gasteiger partial charge on any atom is -0.370 e. The molecule has 1 fully saturated rings. The van der Waals surface area contributed by atoms with Crippen molar-refractivity contribution in [1.82, 2.24) is 15.3 Å². The van der Waals surface area contributed by atoms with E-state index in [1.807, 2.05) is 13.2 Å². The number of hydrogen-bond acceptors (Lipinski definition) is 4. The summed E-state index contributed by atoms with van der Waals surface area (Å²) in [4.78, 5) is 9.52. The molecule has 0 aliphatic heterocycles. The lowest BCUT2D eigenvalue weighted by molar-refractivity contribution is -0.0849. The fourth-order valence-electron chi connectivity index (χ4n) is 3.54. The maximum Gasteiger partial charge on any atom is 0.160 e. The van der Waals surface area contributed by atoms with Gasteiger partial charge < -0.3 is 10.1 Å². The number of methoxy groups -OCH3 is 1. The van der Waals surface area contributed by atoms with Crippen molar-refractivity contribution in [1.29, 1.82) is 0 Å². The molecular formula is C16H25N3O. The predicted molar refractivity (Wildman–Crippen MR) is 78.5 cm³/mol. The lowest BCUT2D eigenvalue weighted by Gasteiger charge is -2.40. The Morgan fingerprint density at radius 3 is 2.65 bits per heavy atom. The number of aromatic nitrogens is 2. The first kappa shape index (κ1) is 14.0. The molecule has 1 unspecified atom stereocenters. The lowest BCUT2D eigenvalue weighted by atomic mass is 9.73. The number of nitrogens with zero attached hydrogens (tertiary/aromatic N) is 2. The van der Waals surface area contributed by atoms with E-state index in [0.717, 1.165) is 31.5 Å². The molecule has 0 spiro atoms. The predicted octanol–water partition coefficient (Wildman–Crippen LogP) is 2.74. The molecule has 1 heterocycles. The van der Waals surface area contributed by atoms with Crippen molar-refractivity contribution in [2.75, 3.05) is 14.2 Å². The zero-order valence-corrected chi connectivity index (χ0v) is 13.0. The summed E-state index contributed by atoms with van der Waals surface area (Å²) in [7, 11) is 3.80. The highest BCUT2D eigenvalue weighted by atomic mass is 16.5. The topological polar surface area (TPSA) is 47.0 Å². The molecule has 1 aromatic heterocycles. The Balaban J connectivity index is 2.00. The Labute approximate surface area is 121 Å². The Morgan fingerprint density at radius 2 is 2.10 bits per heavy atom. The number of nitrogens with one attached hydrogen (secondary N) is 1. The van der Waals surface area contributed by atoms with Crippen LogP contribution in [0.4, 0.5) is 0 Å². The Hall–Kier alpha value is -1.00. The van der Waals surface area contributed by atoms with Gasteiger partial charge in [-0.3, -0.25) is 0 Å². The monoisotopic (exact) mass is 275 g/mol. The summed E-state index contributed by atoms with van der Waals surface area (Å²) in [5.74, 6) is 0.887. The molecule has 1 saturated carbocycles. The molecule has 0 bridgehead atoms. The lowest BCUT2D eigenvalue weighted by Crippen LogP contribution is -2.39. The molecule has 0 radical (unpaired) electrons. The van der Waals surface area contributed by atoms with Gasteiger partial charge in [0.05, 0.1) is 0 Å². The van der Waals surface area contributed by atoms with Crippen LogP contribution in [0, 0.1) is 5.41 Å². The van der Waals surface area contributed by atoms with Crippen molar-refractivity contribution < 1.29 is 4.74 Å². The first-order chi connectivity index (χ1) is 9.50. The molecule has 0 aromatic carbocycles. The van der Waals surface area contributed by atoms with E-state index in [-0.39, 0.29) is 11.0 Å². The zero-order chi connectivity index (χ0) is 14.4. The van der Waals surface area contributed by atoms with Crippen molar-refractivity contribution >= 4 is 0 Å². The highest BCUT2D eigenvalue weighted by Crippen LogP contribution is 2.44. The van der Waals surface area contributed by atoms with Crippen LogP contribution in [0.2, 0.25) is 0 Å². The van der Waals surface area contributed by atoms with Gasteiger partial charge >= 0.3 is 0 Å². The molecule has 1 atom stereocenters. The van der Waals surface area contributed by atoms with Gasteiger partial charge in [-0.1, -0.05) is 13.8 Å². The van der Waals surface area contributed by atoms with E-state index < -0.39 is 0 Å². The van der Waals surface area contributed by atoms with Gasteiger partial charge in [0.1, 0.15) is 5.60 Å². The van der Waals surface area contributed by atoms with Gasteiger partial charge in [0.2, 0.25) is 0 Å². The first-order valence-electron chi connectivity index (χ1n) is 7.58. The number of hydrogen-bond donors (Lipinski definition) is 1. The van der Waals surface area contributed by atoms with Gasteiger partial charge in [-0.2, -0.15) is 0 Å². The van der Waals surface area contributed by atoms with Crippen molar-refractivity contribution in [3.8, 4) is 0 Å². The van der Waals surface area contributed by atoms with Crippen molar-refractivity contribution in [3.63, 3.8) is 0 Å². The summed E-state index contributed by atoms with van der Waals surface area (Å²) in [5, 5.41) is 3.40. The van der Waals surface area contributed by atoms with Gasteiger partial charge in [0, 0.05) is 30.6 Å². The van der Waals surface area contributed by atoms with E-state index in [4.69, 9.17) is 9.72 Å². The maximum absolute atomic E-state index is 5.72. The fraction of sp³-hybridized carbons (Fsp3) is 0.750. The molecule has 110 valence electrons. The summed E-state index contributed by atoms with van der Waals surface area (Å²) in [5.41, 5.74) is 2.54. The van der Waals surface area contributed by atoms with Crippen LogP contribution in [-0.2, 0) is 16.8 Å². The van der Waals surface area contributed by atoms with Gasteiger partial charge in [0.15, 0.2) is 5.82 Å². The quantitative estimate of drug-likeness (QED) is 0.921. The Morgan fingerprint density at radius 1 is 1.35 bits per heavy atom. The molecule has 1 N–H and O–H groups in total. The van der Waals surface area contributed by atoms with Gasteiger partial charge in [0.25, 0.3) is 0 Å². The largest absolute Gasteiger partial charge is 0.370 e. The molecule has 4 heteroatoms. The molecule has 2 aliphatic rings. The number of ether oxygens (including phenoxy) is 1. The average Bonchev–Trinajstić information content (AvgIpc) is 2.35. The first-order valence-corrected chi connectivity index (χ1v) is 7.58. The van der Waals surface area contributed by atoms with E-state index in [9.17, 15) is 0 Å². The SMILES string of the molecule is CNC1CC(C)(C)Cc2nc(C3(OC)CCC3)ncc21. The third kappa shape index (κ3) is 2.15. The minimum atomic E-state index is -0.217. The van der Waals surface area contributed by atoms with Crippen molar-refractivity contribution in [2.24, 2.45) is 5.41 Å². The molecule has 0 amide bonds. The third-order valence-electron chi connectivity index (χ3n) is 4.99. The van der Waals surface area contributed by atoms with Gasteiger partial charge in [-0.25, -0.2) is 9.97 Å². The summed E-state index contributed by atoms with van der Waals surface area (Å²) in [6, 6.07) is 0.364. The highest BCUT2D eigenvalue weighted by molar-refractivity contribution is 5.28. The molecule has 20 heavy (non-hydrogen) atoms. The van der Waals surface area contributed by atoms with Crippen LogP contribution in [0.3, 0.4) is 0 Å².